The highest BCUT2D eigenvalue weighted by molar-refractivity contribution is 5.97. The van der Waals surface area contributed by atoms with Crippen molar-refractivity contribution in [3.63, 3.8) is 0 Å². The van der Waals surface area contributed by atoms with E-state index in [4.69, 9.17) is 4.74 Å². The number of nitrogens with zero attached hydrogens (tertiary/aromatic N) is 1. The molecule has 0 aromatic heterocycles. The van der Waals surface area contributed by atoms with Gasteiger partial charge in [0.05, 0.1) is 6.04 Å². The molecule has 1 atom stereocenters. The molecule has 1 aliphatic heterocycles. The highest BCUT2D eigenvalue weighted by Gasteiger charge is 2.33. The minimum Gasteiger partial charge on any atom is -0.484 e. The van der Waals surface area contributed by atoms with Crippen molar-refractivity contribution in [2.24, 2.45) is 0 Å². The van der Waals surface area contributed by atoms with E-state index in [-0.39, 0.29) is 30.8 Å². The second-order valence-electron chi connectivity index (χ2n) is 7.22. The molecule has 2 amide bonds. The Morgan fingerprint density at radius 1 is 1.10 bits per heavy atom. The van der Waals surface area contributed by atoms with Crippen molar-refractivity contribution in [3.8, 4) is 5.75 Å². The minimum atomic E-state index is -0.550. The minimum absolute atomic E-state index is 0.132. The standard InChI is InChI=1S/C24H21FN2O3/c1-16-7-12-21-20(13-16)24(17-8-10-18(25)11-9-17)27(14-22(28)26-21)23(29)15-30-19-5-3-2-4-6-19/h2-13,24H,14-15H2,1H3,(H,26,28)/t24-/m0/s1. The van der Waals surface area contributed by atoms with E-state index in [0.717, 1.165) is 11.1 Å². The molecule has 0 radical (unpaired) electrons. The van der Waals surface area contributed by atoms with Crippen LogP contribution in [0.5, 0.6) is 5.75 Å². The average Bonchev–Trinajstić information content (AvgIpc) is 2.89. The molecule has 152 valence electrons. The van der Waals surface area contributed by atoms with Crippen LogP contribution in [0.2, 0.25) is 0 Å². The zero-order chi connectivity index (χ0) is 21.1. The van der Waals surface area contributed by atoms with Crippen molar-refractivity contribution >= 4 is 17.5 Å². The van der Waals surface area contributed by atoms with Crippen molar-refractivity contribution in [1.29, 1.82) is 0 Å². The lowest BCUT2D eigenvalue weighted by atomic mass is 9.94. The largest absolute Gasteiger partial charge is 0.484 e. The highest BCUT2D eigenvalue weighted by atomic mass is 19.1. The summed E-state index contributed by atoms with van der Waals surface area (Å²) in [5, 5.41) is 2.87. The van der Waals surface area contributed by atoms with Crippen molar-refractivity contribution in [3.05, 3.63) is 95.3 Å². The first-order chi connectivity index (χ1) is 14.5. The molecule has 3 aromatic carbocycles. The second kappa shape index (κ2) is 8.37. The Morgan fingerprint density at radius 3 is 2.57 bits per heavy atom. The van der Waals surface area contributed by atoms with Crippen LogP contribution in [0.25, 0.3) is 0 Å². The van der Waals surface area contributed by atoms with Gasteiger partial charge in [-0.25, -0.2) is 4.39 Å². The summed E-state index contributed by atoms with van der Waals surface area (Å²) in [4.78, 5) is 27.2. The van der Waals surface area contributed by atoms with Gasteiger partial charge < -0.3 is 15.0 Å². The first-order valence-electron chi connectivity index (χ1n) is 9.64. The summed E-state index contributed by atoms with van der Waals surface area (Å²) >= 11 is 0. The molecule has 0 saturated heterocycles. The first kappa shape index (κ1) is 19.6. The van der Waals surface area contributed by atoms with Gasteiger partial charge in [-0.05, 0) is 42.8 Å². The SMILES string of the molecule is Cc1ccc2c(c1)[C@H](c1ccc(F)cc1)N(C(=O)COc1ccccc1)CC(=O)N2. The highest BCUT2D eigenvalue weighted by Crippen LogP contribution is 2.36. The summed E-state index contributed by atoms with van der Waals surface area (Å²) in [7, 11) is 0. The van der Waals surface area contributed by atoms with E-state index < -0.39 is 6.04 Å². The lowest BCUT2D eigenvalue weighted by Crippen LogP contribution is -2.41. The molecule has 3 aromatic rings. The van der Waals surface area contributed by atoms with Crippen LogP contribution in [0.3, 0.4) is 0 Å². The number of halogens is 1. The molecule has 1 aliphatic rings. The van der Waals surface area contributed by atoms with Crippen molar-refractivity contribution in [2.45, 2.75) is 13.0 Å². The first-order valence-corrected chi connectivity index (χ1v) is 9.64. The number of amides is 2. The number of fused-ring (bicyclic) bond motifs is 1. The Morgan fingerprint density at radius 2 is 1.83 bits per heavy atom. The molecule has 4 rings (SSSR count). The van der Waals surface area contributed by atoms with Gasteiger partial charge in [-0.3, -0.25) is 9.59 Å². The predicted octanol–water partition coefficient (Wildman–Crippen LogP) is 4.08. The van der Waals surface area contributed by atoms with Crippen LogP contribution in [-0.4, -0.2) is 29.9 Å². The van der Waals surface area contributed by atoms with E-state index in [1.54, 1.807) is 24.3 Å². The van der Waals surface area contributed by atoms with Gasteiger partial charge in [-0.15, -0.1) is 0 Å². The number of ether oxygens (including phenoxy) is 1. The molecular weight excluding hydrogens is 383 g/mol. The van der Waals surface area contributed by atoms with E-state index >= 15 is 0 Å². The van der Waals surface area contributed by atoms with Crippen molar-refractivity contribution in [2.75, 3.05) is 18.5 Å². The molecule has 0 bridgehead atoms. The predicted molar refractivity (Wildman–Crippen MR) is 112 cm³/mol. The van der Waals surface area contributed by atoms with Crippen LogP contribution >= 0.6 is 0 Å². The second-order valence-corrected chi connectivity index (χ2v) is 7.22. The summed E-state index contributed by atoms with van der Waals surface area (Å²) in [5.41, 5.74) is 3.12. The number of hydrogen-bond donors (Lipinski definition) is 1. The third kappa shape index (κ3) is 4.17. The Hall–Kier alpha value is -3.67. The van der Waals surface area contributed by atoms with Gasteiger partial charge >= 0.3 is 0 Å². The fraction of sp³-hybridized carbons (Fsp3) is 0.167. The number of aryl methyl sites for hydroxylation is 1. The lowest BCUT2D eigenvalue weighted by Gasteiger charge is -2.30. The number of nitrogens with one attached hydrogen (secondary N) is 1. The normalized spacial score (nSPS) is 15.7. The van der Waals surface area contributed by atoms with Crippen LogP contribution in [0.4, 0.5) is 10.1 Å². The average molecular weight is 404 g/mol. The summed E-state index contributed by atoms with van der Waals surface area (Å²) in [6, 6.07) is 20.1. The molecule has 0 aliphatic carbocycles. The van der Waals surface area contributed by atoms with Gasteiger partial charge in [0.2, 0.25) is 5.91 Å². The van der Waals surface area contributed by atoms with E-state index in [1.807, 2.05) is 43.3 Å². The lowest BCUT2D eigenvalue weighted by molar-refractivity contribution is -0.138. The molecule has 5 nitrogen and oxygen atoms in total. The molecule has 1 heterocycles. The number of hydrogen-bond acceptors (Lipinski definition) is 3. The molecule has 1 N–H and O–H groups in total. The van der Waals surface area contributed by atoms with Gasteiger partial charge in [-0.2, -0.15) is 0 Å². The topological polar surface area (TPSA) is 58.6 Å². The number of benzene rings is 3. The van der Waals surface area contributed by atoms with Gasteiger partial charge in [-0.1, -0.05) is 48.0 Å². The number of carbonyl (C=O) groups excluding carboxylic acids is 2. The van der Waals surface area contributed by atoms with Crippen molar-refractivity contribution in [1.82, 2.24) is 4.90 Å². The number of para-hydroxylation sites is 1. The summed E-state index contributed by atoms with van der Waals surface area (Å²) < 4.78 is 19.2. The van der Waals surface area contributed by atoms with E-state index in [1.165, 1.54) is 17.0 Å². The summed E-state index contributed by atoms with van der Waals surface area (Å²) in [6.45, 7) is 1.60. The monoisotopic (exact) mass is 404 g/mol. The Bertz CT molecular complexity index is 1070. The Balaban J connectivity index is 1.72. The molecule has 0 fully saturated rings. The van der Waals surface area contributed by atoms with Crippen LogP contribution in [0.15, 0.2) is 72.8 Å². The molecule has 0 unspecified atom stereocenters. The fourth-order valence-corrected chi connectivity index (χ4v) is 3.61. The maximum Gasteiger partial charge on any atom is 0.261 e. The maximum absolute atomic E-state index is 13.6. The van der Waals surface area contributed by atoms with Gasteiger partial charge in [0.15, 0.2) is 6.61 Å². The van der Waals surface area contributed by atoms with Gasteiger partial charge in [0.25, 0.3) is 5.91 Å². The van der Waals surface area contributed by atoms with Crippen LogP contribution in [-0.2, 0) is 9.59 Å². The molecule has 0 spiro atoms. The Labute approximate surface area is 174 Å². The zero-order valence-corrected chi connectivity index (χ0v) is 16.5. The maximum atomic E-state index is 13.6. The van der Waals surface area contributed by atoms with Crippen molar-refractivity contribution < 1.29 is 18.7 Å². The number of carbonyl (C=O) groups is 2. The molecule has 0 saturated carbocycles. The van der Waals surface area contributed by atoms with Crippen LogP contribution < -0.4 is 10.1 Å². The zero-order valence-electron chi connectivity index (χ0n) is 16.5. The van der Waals surface area contributed by atoms with E-state index in [9.17, 15) is 14.0 Å². The number of rotatable bonds is 4. The summed E-state index contributed by atoms with van der Waals surface area (Å²) in [5.74, 6) is -0.425. The number of anilines is 1. The quantitative estimate of drug-likeness (QED) is 0.713. The third-order valence-corrected chi connectivity index (χ3v) is 5.01. The fourth-order valence-electron chi connectivity index (χ4n) is 3.61. The Kier molecular flexibility index (Phi) is 5.48. The summed E-state index contributed by atoms with van der Waals surface area (Å²) in [6.07, 6.45) is 0. The third-order valence-electron chi connectivity index (χ3n) is 5.01. The van der Waals surface area contributed by atoms with Gasteiger partial charge in [0.1, 0.15) is 18.1 Å². The molecular formula is C24H21FN2O3. The smallest absolute Gasteiger partial charge is 0.261 e. The molecule has 6 heteroatoms. The van der Waals surface area contributed by atoms with Gasteiger partial charge in [0, 0.05) is 11.3 Å². The molecule has 30 heavy (non-hydrogen) atoms. The van der Waals surface area contributed by atoms with E-state index in [0.29, 0.717) is 17.0 Å². The van der Waals surface area contributed by atoms with Crippen LogP contribution in [0.1, 0.15) is 22.7 Å². The van der Waals surface area contributed by atoms with E-state index in [2.05, 4.69) is 5.32 Å². The van der Waals surface area contributed by atoms with Crippen LogP contribution in [0, 0.1) is 12.7 Å².